The van der Waals surface area contributed by atoms with Gasteiger partial charge in [-0.3, -0.25) is 0 Å². The molecule has 8 heavy (non-hydrogen) atoms. The van der Waals surface area contributed by atoms with Crippen molar-refractivity contribution < 1.29 is 4.39 Å². The normalized spacial score (nSPS) is 9.12. The van der Waals surface area contributed by atoms with Gasteiger partial charge in [0.15, 0.2) is 0 Å². The minimum Gasteiger partial charge on any atom is -0.222 e. The van der Waals surface area contributed by atoms with E-state index in [0.29, 0.717) is 5.56 Å². The van der Waals surface area contributed by atoms with Gasteiger partial charge in [-0.25, -0.2) is 4.39 Å². The third kappa shape index (κ3) is 0.997. The van der Waals surface area contributed by atoms with E-state index in [1.807, 2.05) is 0 Å². The number of halogens is 1. The quantitative estimate of drug-likeness (QED) is 0.447. The van der Waals surface area contributed by atoms with E-state index >= 15 is 0 Å². The second-order valence-corrected chi connectivity index (χ2v) is 1.63. The van der Waals surface area contributed by atoms with Crippen LogP contribution >= 0.6 is 0 Å². The van der Waals surface area contributed by atoms with Crippen molar-refractivity contribution in [1.82, 2.24) is 0 Å². The Balaban J connectivity index is 3.08. The minimum atomic E-state index is -0.225. The number of hydrogen-bond donors (Lipinski definition) is 0. The van der Waals surface area contributed by atoms with Gasteiger partial charge >= 0.3 is 0 Å². The summed E-state index contributed by atoms with van der Waals surface area (Å²) in [6, 6.07) is 6.18. The maximum absolute atomic E-state index is 12.1. The Morgan fingerprint density at radius 3 is 2.50 bits per heavy atom. The van der Waals surface area contributed by atoms with Crippen LogP contribution in [-0.2, 0) is 0 Å². The molecule has 0 saturated heterocycles. The molecule has 0 spiro atoms. The summed E-state index contributed by atoms with van der Waals surface area (Å²) in [7, 11) is 0. The van der Waals surface area contributed by atoms with E-state index in [1.54, 1.807) is 12.1 Å². The summed E-state index contributed by atoms with van der Waals surface area (Å²) in [5.41, 5.74) is 0.713. The van der Waals surface area contributed by atoms with E-state index < -0.39 is 0 Å². The van der Waals surface area contributed by atoms with E-state index in [1.165, 1.54) is 12.1 Å². The van der Waals surface area contributed by atoms with Crippen LogP contribution in [0.2, 0.25) is 0 Å². The Labute approximate surface area is 48.0 Å². The molecule has 0 atom stereocenters. The number of benzene rings is 1. The average Bonchev–Trinajstić information content (AvgIpc) is 1.64. The molecular formula is C7H6F-. The van der Waals surface area contributed by atoms with Crippen LogP contribution in [0.3, 0.4) is 0 Å². The lowest BCUT2D eigenvalue weighted by Gasteiger charge is -1.96. The Kier molecular flexibility index (Phi) is 1.20. The average molecular weight is 109 g/mol. The molecule has 1 rings (SSSR count). The van der Waals surface area contributed by atoms with E-state index in [4.69, 9.17) is 0 Å². The van der Waals surface area contributed by atoms with Gasteiger partial charge in [0, 0.05) is 0 Å². The van der Waals surface area contributed by atoms with Crippen LogP contribution in [0.5, 0.6) is 0 Å². The van der Waals surface area contributed by atoms with Gasteiger partial charge < -0.3 is 0 Å². The summed E-state index contributed by atoms with van der Waals surface area (Å²) in [5, 5.41) is 0. The molecule has 0 bridgehead atoms. The topological polar surface area (TPSA) is 0 Å². The van der Waals surface area contributed by atoms with E-state index in [2.05, 4.69) is 6.92 Å². The maximum Gasteiger partial charge on any atom is 0.0678 e. The minimum absolute atomic E-state index is 0.225. The highest BCUT2D eigenvalue weighted by molar-refractivity contribution is 5.18. The molecular weight excluding hydrogens is 103 g/mol. The van der Waals surface area contributed by atoms with Gasteiger partial charge in [0.2, 0.25) is 0 Å². The molecule has 1 aromatic rings. The summed E-state index contributed by atoms with van der Waals surface area (Å²) in [5.74, 6) is -0.225. The highest BCUT2D eigenvalue weighted by atomic mass is 19.1. The Morgan fingerprint density at radius 1 is 1.38 bits per heavy atom. The largest absolute Gasteiger partial charge is 0.222 e. The first kappa shape index (κ1) is 5.16. The zero-order valence-corrected chi connectivity index (χ0v) is 4.39. The molecule has 0 fully saturated rings. The fraction of sp³-hybridized carbons (Fsp3) is 0. The van der Waals surface area contributed by atoms with Gasteiger partial charge in [-0.15, -0.1) is 12.1 Å². The maximum atomic E-state index is 12.1. The van der Waals surface area contributed by atoms with E-state index in [-0.39, 0.29) is 5.82 Å². The lowest BCUT2D eigenvalue weighted by atomic mass is 10.2. The Bertz CT molecular complexity index is 164. The van der Waals surface area contributed by atoms with Crippen molar-refractivity contribution in [2.75, 3.05) is 0 Å². The predicted octanol–water partition coefficient (Wildman–Crippen LogP) is 2.01. The van der Waals surface area contributed by atoms with Crippen LogP contribution in [-0.4, -0.2) is 0 Å². The SMILES string of the molecule is [CH2-]c1cccc(F)c1. The molecule has 0 aliphatic carbocycles. The molecule has 0 aliphatic heterocycles. The van der Waals surface area contributed by atoms with Gasteiger partial charge in [-0.2, -0.15) is 18.6 Å². The predicted molar refractivity (Wildman–Crippen MR) is 30.9 cm³/mol. The second kappa shape index (κ2) is 1.86. The van der Waals surface area contributed by atoms with Crippen LogP contribution in [0.1, 0.15) is 5.56 Å². The first-order chi connectivity index (χ1) is 3.79. The summed E-state index contributed by atoms with van der Waals surface area (Å²) >= 11 is 0. The molecule has 0 heterocycles. The summed E-state index contributed by atoms with van der Waals surface area (Å²) < 4.78 is 12.1. The van der Waals surface area contributed by atoms with E-state index in [0.717, 1.165) is 0 Å². The van der Waals surface area contributed by atoms with E-state index in [9.17, 15) is 4.39 Å². The van der Waals surface area contributed by atoms with Gasteiger partial charge in [-0.1, -0.05) is 6.07 Å². The molecule has 1 heteroatoms. The Morgan fingerprint density at radius 2 is 2.12 bits per heavy atom. The van der Waals surface area contributed by atoms with Crippen LogP contribution in [0.4, 0.5) is 4.39 Å². The van der Waals surface area contributed by atoms with Crippen molar-refractivity contribution in [2.24, 2.45) is 0 Å². The van der Waals surface area contributed by atoms with Crippen molar-refractivity contribution in [3.05, 3.63) is 42.6 Å². The molecule has 0 aliphatic rings. The second-order valence-electron chi connectivity index (χ2n) is 1.63. The highest BCUT2D eigenvalue weighted by Crippen LogP contribution is 1.99. The molecule has 42 valence electrons. The number of rotatable bonds is 0. The standard InChI is InChI=1S/C7H6F/c1-6-3-2-4-7(8)5-6/h2-5H,1H2/q-1. The van der Waals surface area contributed by atoms with Gasteiger partial charge in [0.1, 0.15) is 0 Å². The summed E-state index contributed by atoms with van der Waals surface area (Å²) in [6.45, 7) is 3.54. The van der Waals surface area contributed by atoms with Crippen LogP contribution in [0.15, 0.2) is 24.3 Å². The molecule has 0 radical (unpaired) electrons. The molecule has 1 aromatic carbocycles. The van der Waals surface area contributed by atoms with Gasteiger partial charge in [-0.05, 0) is 0 Å². The van der Waals surface area contributed by atoms with Crippen molar-refractivity contribution in [2.45, 2.75) is 0 Å². The fourth-order valence-corrected chi connectivity index (χ4v) is 0.537. The summed E-state index contributed by atoms with van der Waals surface area (Å²) in [6.07, 6.45) is 0. The van der Waals surface area contributed by atoms with Crippen LogP contribution < -0.4 is 0 Å². The smallest absolute Gasteiger partial charge is 0.0678 e. The molecule has 0 nitrogen and oxygen atoms in total. The number of hydrogen-bond acceptors (Lipinski definition) is 0. The first-order valence-electron chi connectivity index (χ1n) is 2.36. The molecule has 0 unspecified atom stereocenters. The lowest BCUT2D eigenvalue weighted by Crippen LogP contribution is -1.72. The molecule has 0 amide bonds. The zero-order valence-electron chi connectivity index (χ0n) is 4.39. The van der Waals surface area contributed by atoms with Crippen molar-refractivity contribution in [3.63, 3.8) is 0 Å². The van der Waals surface area contributed by atoms with Gasteiger partial charge in [0.25, 0.3) is 0 Å². The Hall–Kier alpha value is -0.980. The summed E-state index contributed by atoms with van der Waals surface area (Å²) in [4.78, 5) is 0. The van der Waals surface area contributed by atoms with Crippen molar-refractivity contribution in [3.8, 4) is 0 Å². The molecule has 0 aromatic heterocycles. The third-order valence-corrected chi connectivity index (χ3v) is 0.889. The van der Waals surface area contributed by atoms with Crippen molar-refractivity contribution in [1.29, 1.82) is 0 Å². The monoisotopic (exact) mass is 109 g/mol. The fourth-order valence-electron chi connectivity index (χ4n) is 0.537. The zero-order chi connectivity index (χ0) is 5.98. The lowest BCUT2D eigenvalue weighted by molar-refractivity contribution is 0.627. The van der Waals surface area contributed by atoms with Crippen molar-refractivity contribution >= 4 is 0 Å². The molecule has 0 N–H and O–H groups in total. The first-order valence-corrected chi connectivity index (χ1v) is 2.36. The van der Waals surface area contributed by atoms with Crippen LogP contribution in [0.25, 0.3) is 0 Å². The molecule has 0 saturated carbocycles. The van der Waals surface area contributed by atoms with Crippen LogP contribution in [0, 0.1) is 12.7 Å². The van der Waals surface area contributed by atoms with Gasteiger partial charge in [0.05, 0.1) is 5.82 Å². The third-order valence-electron chi connectivity index (χ3n) is 0.889. The highest BCUT2D eigenvalue weighted by Gasteiger charge is 1.76.